The van der Waals surface area contributed by atoms with Crippen LogP contribution in [-0.2, 0) is 17.6 Å². The molecule has 0 saturated carbocycles. The molecule has 38 heavy (non-hydrogen) atoms. The molecule has 4 N–H and O–H groups in total. The summed E-state index contributed by atoms with van der Waals surface area (Å²) in [6.07, 6.45) is 4.32. The minimum atomic E-state index is -0.254. The third-order valence-corrected chi connectivity index (χ3v) is 6.30. The highest BCUT2D eigenvalue weighted by Crippen LogP contribution is 2.26. The predicted octanol–water partition coefficient (Wildman–Crippen LogP) is 4.70. The minimum absolute atomic E-state index is 0.0206. The number of H-pyrrole nitrogens is 1. The smallest absolute Gasteiger partial charge is 0.251 e. The number of aliphatic hydroxyl groups excluding tert-OH is 1. The zero-order valence-electron chi connectivity index (χ0n) is 22.4. The van der Waals surface area contributed by atoms with E-state index in [0.29, 0.717) is 29.2 Å². The number of ether oxygens (including phenoxy) is 1. The normalized spacial score (nSPS) is 12.7. The van der Waals surface area contributed by atoms with Gasteiger partial charge in [-0.25, -0.2) is 4.98 Å². The number of aromatic amines is 1. The minimum Gasteiger partial charge on any atom is -0.489 e. The Kier molecular flexibility index (Phi) is 10.7. The molecule has 2 aromatic carbocycles. The van der Waals surface area contributed by atoms with Gasteiger partial charge in [0.25, 0.3) is 5.91 Å². The summed E-state index contributed by atoms with van der Waals surface area (Å²) in [6, 6.07) is 12.9. The van der Waals surface area contributed by atoms with Crippen LogP contribution in [0.4, 0.5) is 0 Å². The summed E-state index contributed by atoms with van der Waals surface area (Å²) in [5.41, 5.74) is 3.39. The Morgan fingerprint density at radius 2 is 1.82 bits per heavy atom. The van der Waals surface area contributed by atoms with E-state index in [4.69, 9.17) is 16.3 Å². The number of hydrogen-bond donors (Lipinski definition) is 4. The average Bonchev–Trinajstić information content (AvgIpc) is 3.33. The van der Waals surface area contributed by atoms with Crippen molar-refractivity contribution in [2.24, 2.45) is 0 Å². The molecule has 0 radical (unpaired) electrons. The van der Waals surface area contributed by atoms with Crippen LogP contribution < -0.4 is 15.4 Å². The van der Waals surface area contributed by atoms with E-state index in [1.54, 1.807) is 18.2 Å². The fourth-order valence-corrected chi connectivity index (χ4v) is 4.38. The number of benzene rings is 2. The maximum atomic E-state index is 12.9. The molecular formula is C29H37ClN4O4. The maximum Gasteiger partial charge on any atom is 0.251 e. The van der Waals surface area contributed by atoms with Crippen LogP contribution in [0.1, 0.15) is 62.3 Å². The third-order valence-electron chi connectivity index (χ3n) is 6.01. The van der Waals surface area contributed by atoms with E-state index in [2.05, 4.69) is 20.6 Å². The standard InChI is InChI=1S/C29H37ClN4O4/c1-18(2)38-27-11-10-23(16-25(27)30)29(37)33-24(13-14-35)15-21-6-8-22(9-7-21)26-17-31-28(34-26)12-5-19(3)32-20(4)36/h6-11,16-19,24,35H,5,12-15H2,1-4H3,(H,31,34)(H,32,36)(H,33,37)/t19-,24?/m0/s1. The predicted molar refractivity (Wildman–Crippen MR) is 150 cm³/mol. The van der Waals surface area contributed by atoms with Crippen LogP contribution >= 0.6 is 11.6 Å². The fraction of sp³-hybridized carbons (Fsp3) is 0.414. The fourth-order valence-electron chi connectivity index (χ4n) is 4.15. The first kappa shape index (κ1) is 29.2. The highest BCUT2D eigenvalue weighted by atomic mass is 35.5. The topological polar surface area (TPSA) is 116 Å². The molecule has 8 nitrogen and oxygen atoms in total. The summed E-state index contributed by atoms with van der Waals surface area (Å²) in [4.78, 5) is 31.9. The average molecular weight is 541 g/mol. The van der Waals surface area contributed by atoms with E-state index in [0.717, 1.165) is 35.5 Å². The zero-order valence-corrected chi connectivity index (χ0v) is 23.1. The van der Waals surface area contributed by atoms with Crippen molar-refractivity contribution >= 4 is 23.4 Å². The van der Waals surface area contributed by atoms with Gasteiger partial charge >= 0.3 is 0 Å². The molecule has 0 aliphatic heterocycles. The van der Waals surface area contributed by atoms with Gasteiger partial charge in [0, 0.05) is 37.6 Å². The number of halogens is 1. The van der Waals surface area contributed by atoms with Crippen molar-refractivity contribution in [2.75, 3.05) is 6.61 Å². The van der Waals surface area contributed by atoms with E-state index >= 15 is 0 Å². The highest BCUT2D eigenvalue weighted by Gasteiger charge is 2.16. The molecule has 1 aromatic heterocycles. The van der Waals surface area contributed by atoms with Crippen molar-refractivity contribution in [1.82, 2.24) is 20.6 Å². The number of nitrogens with one attached hydrogen (secondary N) is 3. The van der Waals surface area contributed by atoms with Gasteiger partial charge in [0.15, 0.2) is 0 Å². The number of rotatable bonds is 13. The van der Waals surface area contributed by atoms with E-state index in [-0.39, 0.29) is 36.6 Å². The summed E-state index contributed by atoms with van der Waals surface area (Å²) in [6.45, 7) is 7.28. The molecule has 0 fully saturated rings. The van der Waals surface area contributed by atoms with Gasteiger partial charge in [-0.05, 0) is 69.4 Å². The van der Waals surface area contributed by atoms with E-state index in [9.17, 15) is 14.7 Å². The summed E-state index contributed by atoms with van der Waals surface area (Å²) in [5, 5.41) is 15.8. The molecule has 0 bridgehead atoms. The Labute approximate surface area is 229 Å². The first-order chi connectivity index (χ1) is 18.1. The molecule has 0 spiro atoms. The van der Waals surface area contributed by atoms with Crippen LogP contribution in [0, 0.1) is 0 Å². The number of aliphatic hydroxyl groups is 1. The van der Waals surface area contributed by atoms with Crippen molar-refractivity contribution in [3.05, 3.63) is 70.6 Å². The van der Waals surface area contributed by atoms with Gasteiger partial charge in [-0.1, -0.05) is 35.9 Å². The Hall–Kier alpha value is -3.36. The van der Waals surface area contributed by atoms with Gasteiger partial charge in [-0.3, -0.25) is 9.59 Å². The van der Waals surface area contributed by atoms with Crippen molar-refractivity contribution in [3.63, 3.8) is 0 Å². The molecule has 1 heterocycles. The summed E-state index contributed by atoms with van der Waals surface area (Å²) in [5.74, 6) is 1.12. The summed E-state index contributed by atoms with van der Waals surface area (Å²) >= 11 is 6.29. The van der Waals surface area contributed by atoms with Crippen molar-refractivity contribution in [2.45, 2.75) is 71.6 Å². The number of aryl methyl sites for hydroxylation is 1. The van der Waals surface area contributed by atoms with Gasteiger partial charge in [-0.2, -0.15) is 0 Å². The zero-order chi connectivity index (χ0) is 27.7. The second-order valence-corrected chi connectivity index (χ2v) is 10.2. The largest absolute Gasteiger partial charge is 0.489 e. The number of amides is 2. The SMILES string of the molecule is CC(=O)N[C@@H](C)CCc1ncc(-c2ccc(CC(CCO)NC(=O)c3ccc(OC(C)C)c(Cl)c3)cc2)[nH]1. The molecule has 0 saturated heterocycles. The third kappa shape index (κ3) is 8.89. The van der Waals surface area contributed by atoms with Crippen LogP contribution in [0.5, 0.6) is 5.75 Å². The second-order valence-electron chi connectivity index (χ2n) is 9.78. The van der Waals surface area contributed by atoms with Crippen molar-refractivity contribution in [1.29, 1.82) is 0 Å². The maximum absolute atomic E-state index is 12.9. The lowest BCUT2D eigenvalue weighted by Crippen LogP contribution is -2.37. The number of hydrogen-bond acceptors (Lipinski definition) is 5. The molecule has 2 amide bonds. The summed E-state index contributed by atoms with van der Waals surface area (Å²) < 4.78 is 5.64. The molecule has 9 heteroatoms. The van der Waals surface area contributed by atoms with E-state index < -0.39 is 0 Å². The lowest BCUT2D eigenvalue weighted by atomic mass is 10.0. The van der Waals surface area contributed by atoms with Crippen molar-refractivity contribution < 1.29 is 19.4 Å². The number of imidazole rings is 1. The van der Waals surface area contributed by atoms with Crippen LogP contribution in [-0.4, -0.2) is 51.7 Å². The first-order valence-electron chi connectivity index (χ1n) is 12.9. The van der Waals surface area contributed by atoms with Gasteiger partial charge in [0.2, 0.25) is 5.91 Å². The number of carbonyl (C=O) groups is 2. The molecular weight excluding hydrogens is 504 g/mol. The van der Waals surface area contributed by atoms with Gasteiger partial charge < -0.3 is 25.5 Å². The van der Waals surface area contributed by atoms with Gasteiger partial charge in [-0.15, -0.1) is 0 Å². The van der Waals surface area contributed by atoms with Crippen LogP contribution in [0.25, 0.3) is 11.3 Å². The van der Waals surface area contributed by atoms with Crippen molar-refractivity contribution in [3.8, 4) is 17.0 Å². The summed E-state index contributed by atoms with van der Waals surface area (Å²) in [7, 11) is 0. The second kappa shape index (κ2) is 14.0. The molecule has 0 aliphatic rings. The molecule has 0 aliphatic carbocycles. The number of aromatic nitrogens is 2. The Bertz CT molecular complexity index is 1210. The van der Waals surface area contributed by atoms with Crippen LogP contribution in [0.2, 0.25) is 5.02 Å². The molecule has 1 unspecified atom stereocenters. The van der Waals surface area contributed by atoms with E-state index in [1.165, 1.54) is 6.92 Å². The Balaban J connectivity index is 1.59. The van der Waals surface area contributed by atoms with E-state index in [1.807, 2.05) is 51.2 Å². The first-order valence-corrected chi connectivity index (χ1v) is 13.3. The van der Waals surface area contributed by atoms with Gasteiger partial charge in [0.1, 0.15) is 11.6 Å². The molecule has 3 aromatic rings. The lowest BCUT2D eigenvalue weighted by molar-refractivity contribution is -0.119. The van der Waals surface area contributed by atoms with Crippen LogP contribution in [0.3, 0.4) is 0 Å². The lowest BCUT2D eigenvalue weighted by Gasteiger charge is -2.19. The number of carbonyl (C=O) groups excluding carboxylic acids is 2. The monoisotopic (exact) mass is 540 g/mol. The molecule has 3 rings (SSSR count). The highest BCUT2D eigenvalue weighted by molar-refractivity contribution is 6.32. The Morgan fingerprint density at radius 1 is 1.08 bits per heavy atom. The quantitative estimate of drug-likeness (QED) is 0.251. The van der Waals surface area contributed by atoms with Gasteiger partial charge in [0.05, 0.1) is 23.0 Å². The number of nitrogens with zero attached hydrogens (tertiary/aromatic N) is 1. The molecule has 2 atom stereocenters. The molecule has 204 valence electrons. The Morgan fingerprint density at radius 3 is 2.45 bits per heavy atom. The van der Waals surface area contributed by atoms with Crippen LogP contribution in [0.15, 0.2) is 48.7 Å².